The summed E-state index contributed by atoms with van der Waals surface area (Å²) in [7, 11) is 1.36. The van der Waals surface area contributed by atoms with Crippen LogP contribution in [0.3, 0.4) is 0 Å². The summed E-state index contributed by atoms with van der Waals surface area (Å²) < 4.78 is 4.52. The maximum atomic E-state index is 11.5. The quantitative estimate of drug-likeness (QED) is 0.308. The lowest BCUT2D eigenvalue weighted by atomic mass is 10.0. The van der Waals surface area contributed by atoms with Crippen molar-refractivity contribution in [1.29, 1.82) is 0 Å². The van der Waals surface area contributed by atoms with Gasteiger partial charge >= 0.3 is 5.97 Å². The summed E-state index contributed by atoms with van der Waals surface area (Å²) in [5, 5.41) is 0. The molecule has 0 spiro atoms. The first-order valence-corrected chi connectivity index (χ1v) is 8.79. The summed E-state index contributed by atoms with van der Waals surface area (Å²) in [6.07, 6.45) is 15.4. The number of methoxy groups -OCH3 is 1. The van der Waals surface area contributed by atoms with Gasteiger partial charge in [0.2, 0.25) is 0 Å². The molecule has 0 saturated heterocycles. The van der Waals surface area contributed by atoms with Crippen LogP contribution >= 0.6 is 0 Å². The minimum absolute atomic E-state index is 0.191. The molecule has 0 aromatic heterocycles. The molecular formula is C18H34O3. The Labute approximate surface area is 130 Å². The molecule has 0 aromatic carbocycles. The van der Waals surface area contributed by atoms with Gasteiger partial charge < -0.3 is 4.74 Å². The van der Waals surface area contributed by atoms with Crippen LogP contribution in [-0.2, 0) is 14.3 Å². The first kappa shape index (κ1) is 20.1. The zero-order chi connectivity index (χ0) is 15.8. The first-order valence-electron chi connectivity index (χ1n) is 8.79. The van der Waals surface area contributed by atoms with Crippen LogP contribution in [0.25, 0.3) is 0 Å². The summed E-state index contributed by atoms with van der Waals surface area (Å²) >= 11 is 0. The van der Waals surface area contributed by atoms with Crippen molar-refractivity contribution in [3.8, 4) is 0 Å². The van der Waals surface area contributed by atoms with Crippen molar-refractivity contribution in [3.05, 3.63) is 0 Å². The molecule has 0 amide bonds. The topological polar surface area (TPSA) is 43.4 Å². The number of ether oxygens (including phenoxy) is 1. The van der Waals surface area contributed by atoms with Crippen LogP contribution < -0.4 is 0 Å². The van der Waals surface area contributed by atoms with Crippen molar-refractivity contribution in [3.63, 3.8) is 0 Å². The van der Waals surface area contributed by atoms with E-state index in [0.717, 1.165) is 12.8 Å². The molecular weight excluding hydrogens is 264 g/mol. The van der Waals surface area contributed by atoms with Gasteiger partial charge in [0, 0.05) is 12.8 Å². The normalized spacial score (nSPS) is 10.6. The lowest BCUT2D eigenvalue weighted by molar-refractivity contribution is -0.141. The third-order valence-corrected chi connectivity index (χ3v) is 3.89. The van der Waals surface area contributed by atoms with Crippen LogP contribution in [0.15, 0.2) is 0 Å². The van der Waals surface area contributed by atoms with E-state index in [1.807, 2.05) is 0 Å². The van der Waals surface area contributed by atoms with E-state index in [9.17, 15) is 9.59 Å². The van der Waals surface area contributed by atoms with Crippen LogP contribution in [0.5, 0.6) is 0 Å². The van der Waals surface area contributed by atoms with Crippen LogP contribution in [0.1, 0.15) is 96.8 Å². The minimum atomic E-state index is -0.290. The molecule has 0 aliphatic rings. The van der Waals surface area contributed by atoms with Gasteiger partial charge in [-0.15, -0.1) is 0 Å². The number of carbonyl (C=O) groups excluding carboxylic acids is 2. The second-order valence-electron chi connectivity index (χ2n) is 5.90. The molecule has 0 radical (unpaired) electrons. The smallest absolute Gasteiger partial charge is 0.305 e. The maximum Gasteiger partial charge on any atom is 0.305 e. The highest BCUT2D eigenvalue weighted by atomic mass is 16.5. The maximum absolute atomic E-state index is 11.5. The molecule has 0 N–H and O–H groups in total. The highest BCUT2D eigenvalue weighted by Crippen LogP contribution is 2.12. The predicted molar refractivity (Wildman–Crippen MR) is 87.3 cm³/mol. The average Bonchev–Trinajstić information content (AvgIpc) is 2.50. The third kappa shape index (κ3) is 15.3. The van der Waals surface area contributed by atoms with E-state index in [-0.39, 0.29) is 18.2 Å². The number of esters is 1. The van der Waals surface area contributed by atoms with Crippen LogP contribution in [-0.4, -0.2) is 18.9 Å². The highest BCUT2D eigenvalue weighted by Gasteiger charge is 2.06. The molecule has 0 aliphatic carbocycles. The number of Topliss-reactive ketones (excluding diaryl/α,β-unsaturated/α-hetero) is 1. The molecule has 3 heteroatoms. The van der Waals surface area contributed by atoms with E-state index in [1.165, 1.54) is 64.9 Å². The fraction of sp³-hybridized carbons (Fsp3) is 0.889. The number of carbonyl (C=O) groups is 2. The molecule has 0 unspecified atom stereocenters. The Morgan fingerprint density at radius 1 is 0.667 bits per heavy atom. The van der Waals surface area contributed by atoms with Gasteiger partial charge in [-0.3, -0.25) is 9.59 Å². The van der Waals surface area contributed by atoms with Crippen molar-refractivity contribution >= 4 is 11.8 Å². The number of hydrogen-bond donors (Lipinski definition) is 0. The summed E-state index contributed by atoms with van der Waals surface area (Å²) in [6.45, 7) is 2.25. The predicted octanol–water partition coefficient (Wildman–Crippen LogP) is 5.21. The van der Waals surface area contributed by atoms with Gasteiger partial charge in [-0.25, -0.2) is 0 Å². The second-order valence-corrected chi connectivity index (χ2v) is 5.90. The van der Waals surface area contributed by atoms with Crippen molar-refractivity contribution < 1.29 is 14.3 Å². The highest BCUT2D eigenvalue weighted by molar-refractivity contribution is 5.82. The molecule has 0 heterocycles. The minimum Gasteiger partial charge on any atom is -0.469 e. The molecule has 124 valence electrons. The van der Waals surface area contributed by atoms with Gasteiger partial charge in [-0.05, 0) is 6.42 Å². The van der Waals surface area contributed by atoms with Crippen molar-refractivity contribution in [2.24, 2.45) is 0 Å². The molecule has 3 nitrogen and oxygen atoms in total. The molecule has 0 rings (SSSR count). The van der Waals surface area contributed by atoms with E-state index < -0.39 is 0 Å². The van der Waals surface area contributed by atoms with E-state index in [1.54, 1.807) is 0 Å². The Bertz CT molecular complexity index is 261. The van der Waals surface area contributed by atoms with Crippen molar-refractivity contribution in [2.75, 3.05) is 7.11 Å². The molecule has 0 fully saturated rings. The van der Waals surface area contributed by atoms with E-state index >= 15 is 0 Å². The fourth-order valence-corrected chi connectivity index (χ4v) is 2.45. The zero-order valence-electron chi connectivity index (χ0n) is 14.1. The second kappa shape index (κ2) is 15.5. The van der Waals surface area contributed by atoms with Gasteiger partial charge in [0.1, 0.15) is 5.78 Å². The SMILES string of the molecule is CCCCCCCCCCCCCC(=O)CCC(=O)OC. The molecule has 0 saturated carbocycles. The van der Waals surface area contributed by atoms with Crippen LogP contribution in [0.4, 0.5) is 0 Å². The van der Waals surface area contributed by atoms with E-state index in [2.05, 4.69) is 11.7 Å². The van der Waals surface area contributed by atoms with Gasteiger partial charge in [0.25, 0.3) is 0 Å². The third-order valence-electron chi connectivity index (χ3n) is 3.89. The molecule has 0 aromatic rings. The number of ketones is 1. The largest absolute Gasteiger partial charge is 0.469 e. The van der Waals surface area contributed by atoms with E-state index in [0.29, 0.717) is 12.8 Å². The summed E-state index contributed by atoms with van der Waals surface area (Å²) in [6, 6.07) is 0. The summed E-state index contributed by atoms with van der Waals surface area (Å²) in [5.74, 6) is -0.0985. The standard InChI is InChI=1S/C18H34O3/c1-3-4-5-6-7-8-9-10-11-12-13-14-17(19)15-16-18(20)21-2/h3-16H2,1-2H3. The van der Waals surface area contributed by atoms with Gasteiger partial charge in [0.15, 0.2) is 0 Å². The zero-order valence-corrected chi connectivity index (χ0v) is 14.1. The Morgan fingerprint density at radius 3 is 1.62 bits per heavy atom. The van der Waals surface area contributed by atoms with Gasteiger partial charge in [-0.1, -0.05) is 71.1 Å². The number of rotatable bonds is 15. The Balaban J connectivity index is 3.18. The Hall–Kier alpha value is -0.860. The Kier molecular flexibility index (Phi) is 14.9. The first-order chi connectivity index (χ1) is 10.2. The number of hydrogen-bond acceptors (Lipinski definition) is 3. The summed E-state index contributed by atoms with van der Waals surface area (Å²) in [4.78, 5) is 22.4. The lowest BCUT2D eigenvalue weighted by Gasteiger charge is -2.03. The summed E-state index contributed by atoms with van der Waals surface area (Å²) in [5.41, 5.74) is 0. The molecule has 0 atom stereocenters. The lowest BCUT2D eigenvalue weighted by Crippen LogP contribution is -2.05. The monoisotopic (exact) mass is 298 g/mol. The molecule has 0 aliphatic heterocycles. The van der Waals surface area contributed by atoms with Crippen molar-refractivity contribution in [1.82, 2.24) is 0 Å². The van der Waals surface area contributed by atoms with Gasteiger partial charge in [0.05, 0.1) is 13.5 Å². The number of unbranched alkanes of at least 4 members (excludes halogenated alkanes) is 10. The van der Waals surface area contributed by atoms with Crippen molar-refractivity contribution in [2.45, 2.75) is 96.8 Å². The van der Waals surface area contributed by atoms with Crippen LogP contribution in [0.2, 0.25) is 0 Å². The van der Waals surface area contributed by atoms with Gasteiger partial charge in [-0.2, -0.15) is 0 Å². The fourth-order valence-electron chi connectivity index (χ4n) is 2.45. The van der Waals surface area contributed by atoms with E-state index in [4.69, 9.17) is 0 Å². The average molecular weight is 298 g/mol. The van der Waals surface area contributed by atoms with Crippen LogP contribution in [0, 0.1) is 0 Å². The Morgan fingerprint density at radius 2 is 1.14 bits per heavy atom. The molecule has 0 bridgehead atoms. The molecule has 21 heavy (non-hydrogen) atoms.